The zero-order valence-electron chi connectivity index (χ0n) is 7.95. The summed E-state index contributed by atoms with van der Waals surface area (Å²) < 4.78 is 2.11. The Morgan fingerprint density at radius 2 is 2.46 bits per heavy atom. The predicted molar refractivity (Wildman–Crippen MR) is 51.9 cm³/mol. The van der Waals surface area contributed by atoms with E-state index < -0.39 is 0 Å². The molecule has 0 amide bonds. The quantitative estimate of drug-likeness (QED) is 0.709. The summed E-state index contributed by atoms with van der Waals surface area (Å²) in [6, 6.07) is 2.23. The first-order chi connectivity index (χ1) is 6.34. The molecule has 2 atom stereocenters. The van der Waals surface area contributed by atoms with Crippen molar-refractivity contribution in [3.8, 4) is 0 Å². The van der Waals surface area contributed by atoms with Gasteiger partial charge in [0.05, 0.1) is 5.69 Å². The minimum Gasteiger partial charge on any atom is -0.370 e. The van der Waals surface area contributed by atoms with Crippen molar-refractivity contribution in [3.05, 3.63) is 11.8 Å². The second-order valence-electron chi connectivity index (χ2n) is 4.28. The van der Waals surface area contributed by atoms with Crippen LogP contribution >= 0.6 is 0 Å². The van der Waals surface area contributed by atoms with Gasteiger partial charge in [0.1, 0.15) is 5.82 Å². The van der Waals surface area contributed by atoms with Crippen molar-refractivity contribution >= 4 is 5.82 Å². The fourth-order valence-corrected chi connectivity index (χ4v) is 2.11. The van der Waals surface area contributed by atoms with Gasteiger partial charge in [0.15, 0.2) is 0 Å². The van der Waals surface area contributed by atoms with E-state index in [0.29, 0.717) is 0 Å². The normalized spacial score (nSPS) is 30.8. The van der Waals surface area contributed by atoms with E-state index in [1.54, 1.807) is 0 Å². The molecule has 1 N–H and O–H groups in total. The predicted octanol–water partition coefficient (Wildman–Crippen LogP) is 1.82. The Kier molecular flexibility index (Phi) is 1.43. The van der Waals surface area contributed by atoms with E-state index in [-0.39, 0.29) is 0 Å². The highest BCUT2D eigenvalue weighted by atomic mass is 15.3. The standard InChI is InChI=1S/C10H15N3/c1-7-5-8(7)9-6-10-11-3-2-4-13(10)12-9/h6-8,11H,2-5H2,1H3. The largest absolute Gasteiger partial charge is 0.370 e. The van der Waals surface area contributed by atoms with Crippen LogP contribution in [0.3, 0.4) is 0 Å². The lowest BCUT2D eigenvalue weighted by Gasteiger charge is -2.14. The van der Waals surface area contributed by atoms with Gasteiger partial charge in [0.25, 0.3) is 0 Å². The van der Waals surface area contributed by atoms with Crippen molar-refractivity contribution in [2.75, 3.05) is 11.9 Å². The zero-order chi connectivity index (χ0) is 8.84. The molecule has 3 nitrogen and oxygen atoms in total. The molecule has 0 radical (unpaired) electrons. The molecule has 1 saturated carbocycles. The van der Waals surface area contributed by atoms with Crippen LogP contribution in [0.15, 0.2) is 6.07 Å². The number of fused-ring (bicyclic) bond motifs is 1. The Labute approximate surface area is 78.1 Å². The van der Waals surface area contributed by atoms with Crippen LogP contribution < -0.4 is 5.32 Å². The van der Waals surface area contributed by atoms with E-state index in [9.17, 15) is 0 Å². The number of nitrogens with zero attached hydrogens (tertiary/aromatic N) is 2. The number of aromatic nitrogens is 2. The van der Waals surface area contributed by atoms with Crippen LogP contribution in [0.5, 0.6) is 0 Å². The molecule has 1 aliphatic heterocycles. The van der Waals surface area contributed by atoms with Gasteiger partial charge in [0, 0.05) is 25.1 Å². The van der Waals surface area contributed by atoms with E-state index in [1.165, 1.54) is 24.4 Å². The smallest absolute Gasteiger partial charge is 0.124 e. The second kappa shape index (κ2) is 2.50. The van der Waals surface area contributed by atoms with E-state index in [4.69, 9.17) is 0 Å². The van der Waals surface area contributed by atoms with Crippen LogP contribution in [-0.2, 0) is 6.54 Å². The van der Waals surface area contributed by atoms with Crippen molar-refractivity contribution in [2.45, 2.75) is 32.2 Å². The first kappa shape index (κ1) is 7.42. The third kappa shape index (κ3) is 1.14. The Morgan fingerprint density at radius 3 is 3.15 bits per heavy atom. The molecule has 0 bridgehead atoms. The average Bonchev–Trinajstić information content (AvgIpc) is 2.74. The first-order valence-electron chi connectivity index (χ1n) is 5.16. The zero-order valence-corrected chi connectivity index (χ0v) is 7.95. The summed E-state index contributed by atoms with van der Waals surface area (Å²) in [6.45, 7) is 4.49. The molecule has 3 heteroatoms. The van der Waals surface area contributed by atoms with Crippen LogP contribution in [0.2, 0.25) is 0 Å². The van der Waals surface area contributed by atoms with Gasteiger partial charge in [-0.15, -0.1) is 0 Å². The fourth-order valence-electron chi connectivity index (χ4n) is 2.11. The number of rotatable bonds is 1. The molecule has 2 aliphatic rings. The summed E-state index contributed by atoms with van der Waals surface area (Å²) in [5, 5.41) is 8.00. The Hall–Kier alpha value is -0.990. The van der Waals surface area contributed by atoms with Crippen LogP contribution in [0.25, 0.3) is 0 Å². The molecule has 1 fully saturated rings. The number of hydrogen-bond donors (Lipinski definition) is 1. The van der Waals surface area contributed by atoms with Gasteiger partial charge in [0.2, 0.25) is 0 Å². The summed E-state index contributed by atoms with van der Waals surface area (Å²) in [4.78, 5) is 0. The summed E-state index contributed by atoms with van der Waals surface area (Å²) in [7, 11) is 0. The summed E-state index contributed by atoms with van der Waals surface area (Å²) >= 11 is 0. The Bertz CT molecular complexity index is 305. The Morgan fingerprint density at radius 1 is 1.62 bits per heavy atom. The summed E-state index contributed by atoms with van der Waals surface area (Å²) in [5.41, 5.74) is 1.30. The maximum atomic E-state index is 4.62. The second-order valence-corrected chi connectivity index (χ2v) is 4.28. The lowest BCUT2D eigenvalue weighted by molar-refractivity contribution is 0.560. The van der Waals surface area contributed by atoms with Crippen LogP contribution in [0.1, 0.15) is 31.4 Å². The highest BCUT2D eigenvalue weighted by Crippen LogP contribution is 2.46. The van der Waals surface area contributed by atoms with Gasteiger partial charge >= 0.3 is 0 Å². The molecule has 0 aromatic carbocycles. The molecule has 1 aliphatic carbocycles. The lowest BCUT2D eigenvalue weighted by atomic mass is 10.2. The molecule has 1 aromatic rings. The fraction of sp³-hybridized carbons (Fsp3) is 0.700. The number of nitrogens with one attached hydrogen (secondary N) is 1. The molecule has 2 unspecified atom stereocenters. The third-order valence-electron chi connectivity index (χ3n) is 3.14. The van der Waals surface area contributed by atoms with Crippen LogP contribution in [-0.4, -0.2) is 16.3 Å². The molecule has 1 aromatic heterocycles. The van der Waals surface area contributed by atoms with Gasteiger partial charge < -0.3 is 5.32 Å². The van der Waals surface area contributed by atoms with Gasteiger partial charge in [-0.2, -0.15) is 5.10 Å². The minimum atomic E-state index is 0.750. The third-order valence-corrected chi connectivity index (χ3v) is 3.14. The molecule has 0 saturated heterocycles. The summed E-state index contributed by atoms with van der Waals surface area (Å²) in [5.74, 6) is 2.83. The number of aryl methyl sites for hydroxylation is 1. The van der Waals surface area contributed by atoms with Crippen LogP contribution in [0.4, 0.5) is 5.82 Å². The van der Waals surface area contributed by atoms with Crippen molar-refractivity contribution < 1.29 is 0 Å². The average molecular weight is 177 g/mol. The molecule has 0 spiro atoms. The highest BCUT2D eigenvalue weighted by Gasteiger charge is 2.36. The van der Waals surface area contributed by atoms with Crippen molar-refractivity contribution in [1.82, 2.24) is 9.78 Å². The van der Waals surface area contributed by atoms with Gasteiger partial charge in [-0.25, -0.2) is 4.68 Å². The first-order valence-corrected chi connectivity index (χ1v) is 5.16. The minimum absolute atomic E-state index is 0.750. The van der Waals surface area contributed by atoms with Crippen molar-refractivity contribution in [3.63, 3.8) is 0 Å². The Balaban J connectivity index is 1.91. The molecule has 70 valence electrons. The van der Waals surface area contributed by atoms with Gasteiger partial charge in [-0.05, 0) is 18.8 Å². The molecule has 2 heterocycles. The van der Waals surface area contributed by atoms with Gasteiger partial charge in [-0.1, -0.05) is 6.92 Å². The topological polar surface area (TPSA) is 29.9 Å². The molecular weight excluding hydrogens is 162 g/mol. The monoisotopic (exact) mass is 177 g/mol. The molecular formula is C10H15N3. The van der Waals surface area contributed by atoms with Crippen LogP contribution in [0, 0.1) is 5.92 Å². The lowest BCUT2D eigenvalue weighted by Crippen LogP contribution is -2.17. The maximum absolute atomic E-state index is 4.62. The van der Waals surface area contributed by atoms with E-state index in [1.807, 2.05) is 0 Å². The van der Waals surface area contributed by atoms with E-state index >= 15 is 0 Å². The van der Waals surface area contributed by atoms with Crippen molar-refractivity contribution in [1.29, 1.82) is 0 Å². The molecule has 13 heavy (non-hydrogen) atoms. The highest BCUT2D eigenvalue weighted by molar-refractivity contribution is 5.40. The SMILES string of the molecule is CC1CC1c1cc2n(n1)CCCN2. The van der Waals surface area contributed by atoms with E-state index in [0.717, 1.165) is 24.9 Å². The molecule has 3 rings (SSSR count). The van der Waals surface area contributed by atoms with Crippen molar-refractivity contribution in [2.24, 2.45) is 5.92 Å². The summed E-state index contributed by atoms with van der Waals surface area (Å²) in [6.07, 6.45) is 2.53. The maximum Gasteiger partial charge on any atom is 0.124 e. The van der Waals surface area contributed by atoms with Gasteiger partial charge in [-0.3, -0.25) is 0 Å². The number of hydrogen-bond acceptors (Lipinski definition) is 2. The van der Waals surface area contributed by atoms with E-state index in [2.05, 4.69) is 28.1 Å². The number of anilines is 1.